The molecule has 4 heterocycles. The first-order valence-corrected chi connectivity index (χ1v) is 11.2. The van der Waals surface area contributed by atoms with Crippen LogP contribution in [-0.4, -0.2) is 56.7 Å². The highest BCUT2D eigenvalue weighted by Gasteiger charge is 2.27. The fraction of sp³-hybridized carbons (Fsp3) is 0.273. The van der Waals surface area contributed by atoms with Crippen molar-refractivity contribution >= 4 is 56.0 Å². The van der Waals surface area contributed by atoms with E-state index in [0.717, 1.165) is 50.9 Å². The zero-order valence-electron chi connectivity index (χ0n) is 16.7. The van der Waals surface area contributed by atoms with Crippen molar-refractivity contribution in [3.8, 4) is 0 Å². The predicted octanol–water partition coefficient (Wildman–Crippen LogP) is 3.36. The van der Waals surface area contributed by atoms with Crippen LogP contribution in [0.25, 0.3) is 21.0 Å². The Labute approximate surface area is 188 Å². The lowest BCUT2D eigenvalue weighted by molar-refractivity contribution is -0.115. The molecule has 31 heavy (non-hydrogen) atoms. The molecule has 0 saturated carbocycles. The zero-order chi connectivity index (χ0) is 21.4. The number of aldehydes is 1. The summed E-state index contributed by atoms with van der Waals surface area (Å²) in [6, 6.07) is 9.79. The van der Waals surface area contributed by atoms with Gasteiger partial charge in [-0.25, -0.2) is 9.97 Å². The summed E-state index contributed by atoms with van der Waals surface area (Å²) >= 11 is 7.66. The Hall–Kier alpha value is -2.65. The molecule has 7 nitrogen and oxygen atoms in total. The molecule has 5 rings (SSSR count). The third kappa shape index (κ3) is 4.24. The van der Waals surface area contributed by atoms with Gasteiger partial charge in [-0.15, -0.1) is 11.3 Å². The van der Waals surface area contributed by atoms with Crippen molar-refractivity contribution in [2.24, 2.45) is 0 Å². The largest absolute Gasteiger partial charge is 0.382 e. The van der Waals surface area contributed by atoms with Gasteiger partial charge < -0.3 is 10.5 Å². The molecule has 9 heteroatoms. The van der Waals surface area contributed by atoms with Crippen LogP contribution in [0, 0.1) is 0 Å². The average molecular weight is 453 g/mol. The van der Waals surface area contributed by atoms with Gasteiger partial charge >= 0.3 is 0 Å². The van der Waals surface area contributed by atoms with Gasteiger partial charge in [0, 0.05) is 54.2 Å². The molecular weight excluding hydrogens is 432 g/mol. The lowest BCUT2D eigenvalue weighted by atomic mass is 10.1. The minimum Gasteiger partial charge on any atom is -0.382 e. The number of piperazine rings is 1. The molecule has 1 aromatic carbocycles. The average Bonchev–Trinajstić information content (AvgIpc) is 3.19. The molecule has 0 bridgehead atoms. The van der Waals surface area contributed by atoms with Crippen LogP contribution < -0.4 is 5.73 Å². The van der Waals surface area contributed by atoms with Crippen LogP contribution in [0.15, 0.2) is 42.9 Å². The summed E-state index contributed by atoms with van der Waals surface area (Å²) in [6.45, 7) is 3.77. The Kier molecular flexibility index (Phi) is 5.54. The maximum Gasteiger partial charge on any atom is 0.144 e. The molecule has 1 fully saturated rings. The van der Waals surface area contributed by atoms with Crippen molar-refractivity contribution in [3.05, 3.63) is 58.4 Å². The number of thiophene rings is 1. The van der Waals surface area contributed by atoms with Gasteiger partial charge in [-0.1, -0.05) is 17.7 Å². The van der Waals surface area contributed by atoms with Gasteiger partial charge in [0.2, 0.25) is 0 Å². The van der Waals surface area contributed by atoms with E-state index in [0.29, 0.717) is 30.5 Å². The number of nitrogens with two attached hydrogens (primary N) is 1. The molecule has 1 unspecified atom stereocenters. The molecule has 0 spiro atoms. The van der Waals surface area contributed by atoms with Crippen LogP contribution in [0.2, 0.25) is 5.02 Å². The Morgan fingerprint density at radius 1 is 1.13 bits per heavy atom. The first-order valence-electron chi connectivity index (χ1n) is 10.0. The van der Waals surface area contributed by atoms with E-state index in [9.17, 15) is 4.79 Å². The van der Waals surface area contributed by atoms with Gasteiger partial charge in [0.15, 0.2) is 0 Å². The molecule has 0 amide bonds. The minimum atomic E-state index is -0.165. The Morgan fingerprint density at radius 2 is 2.03 bits per heavy atom. The van der Waals surface area contributed by atoms with Crippen molar-refractivity contribution in [2.75, 3.05) is 25.4 Å². The maximum absolute atomic E-state index is 11.9. The number of rotatable bonds is 5. The third-order valence-electron chi connectivity index (χ3n) is 5.65. The van der Waals surface area contributed by atoms with E-state index >= 15 is 0 Å². The van der Waals surface area contributed by atoms with Gasteiger partial charge in [0.25, 0.3) is 0 Å². The summed E-state index contributed by atoms with van der Waals surface area (Å²) in [5.74, 6) is 0.503. The third-order valence-corrected chi connectivity index (χ3v) is 7.02. The summed E-state index contributed by atoms with van der Waals surface area (Å²) in [5.41, 5.74) is 7.81. The van der Waals surface area contributed by atoms with E-state index in [2.05, 4.69) is 30.8 Å². The number of halogens is 1. The predicted molar refractivity (Wildman–Crippen MR) is 124 cm³/mol. The molecule has 1 atom stereocenters. The van der Waals surface area contributed by atoms with Crippen molar-refractivity contribution in [1.82, 2.24) is 24.8 Å². The van der Waals surface area contributed by atoms with Crippen LogP contribution in [0.4, 0.5) is 5.82 Å². The molecule has 4 aromatic rings. The topological polar surface area (TPSA) is 88.2 Å². The Morgan fingerprint density at radius 3 is 2.87 bits per heavy atom. The number of carbonyl (C=O) groups is 1. The van der Waals surface area contributed by atoms with Crippen LogP contribution in [-0.2, 0) is 17.9 Å². The van der Waals surface area contributed by atoms with Crippen LogP contribution in [0.5, 0.6) is 0 Å². The van der Waals surface area contributed by atoms with Crippen LogP contribution >= 0.6 is 22.9 Å². The number of hydrogen-bond acceptors (Lipinski definition) is 8. The van der Waals surface area contributed by atoms with Gasteiger partial charge in [-0.2, -0.15) is 0 Å². The fourth-order valence-electron chi connectivity index (χ4n) is 4.05. The second-order valence-corrected chi connectivity index (χ2v) is 9.34. The molecule has 2 N–H and O–H groups in total. The molecule has 158 valence electrons. The highest BCUT2D eigenvalue weighted by atomic mass is 35.5. The summed E-state index contributed by atoms with van der Waals surface area (Å²) < 4.78 is 0.905. The smallest absolute Gasteiger partial charge is 0.144 e. The second-order valence-electron chi connectivity index (χ2n) is 7.76. The number of nitrogens with zero attached hydrogens (tertiary/aromatic N) is 5. The molecule has 1 aliphatic heterocycles. The number of fused-ring (bicyclic) bond motifs is 2. The van der Waals surface area contributed by atoms with Crippen molar-refractivity contribution in [2.45, 2.75) is 19.1 Å². The van der Waals surface area contributed by atoms with E-state index in [1.807, 2.05) is 30.5 Å². The summed E-state index contributed by atoms with van der Waals surface area (Å²) in [5, 5.41) is 2.85. The summed E-state index contributed by atoms with van der Waals surface area (Å²) in [4.78, 5) is 30.4. The van der Waals surface area contributed by atoms with E-state index < -0.39 is 0 Å². The first kappa shape index (κ1) is 20.3. The first-order chi connectivity index (χ1) is 15.1. The number of benzene rings is 1. The van der Waals surface area contributed by atoms with Gasteiger partial charge in [-0.3, -0.25) is 14.8 Å². The lowest BCUT2D eigenvalue weighted by Crippen LogP contribution is -2.52. The minimum absolute atomic E-state index is 0.165. The lowest BCUT2D eigenvalue weighted by Gasteiger charge is -2.38. The standard InChI is InChI=1S/C22H21ClN6OS/c23-16-2-1-14-6-17(25-8-15(14)5-16)9-28-3-4-29(18(10-28)12-30)11-19-7-20-21(31-19)22(24)27-13-26-20/h1-2,5-8,12-13,18H,3-4,9-11H2,(H2,24,26,27). The zero-order valence-corrected chi connectivity index (χ0v) is 18.3. The van der Waals surface area contributed by atoms with E-state index in [1.54, 1.807) is 11.3 Å². The Bertz CT molecular complexity index is 1260. The van der Waals surface area contributed by atoms with E-state index in [1.165, 1.54) is 6.33 Å². The van der Waals surface area contributed by atoms with Crippen molar-refractivity contribution in [1.29, 1.82) is 0 Å². The number of pyridine rings is 1. The molecular formula is C22H21ClN6OS. The van der Waals surface area contributed by atoms with Crippen molar-refractivity contribution in [3.63, 3.8) is 0 Å². The molecule has 0 aliphatic carbocycles. The fourth-order valence-corrected chi connectivity index (χ4v) is 5.27. The van der Waals surface area contributed by atoms with Crippen molar-refractivity contribution < 1.29 is 4.79 Å². The van der Waals surface area contributed by atoms with Gasteiger partial charge in [0.1, 0.15) is 18.4 Å². The normalized spacial score (nSPS) is 18.0. The number of nitrogen functional groups attached to an aromatic ring is 1. The summed E-state index contributed by atoms with van der Waals surface area (Å²) in [7, 11) is 0. The quantitative estimate of drug-likeness (QED) is 0.464. The number of anilines is 1. The van der Waals surface area contributed by atoms with Crippen LogP contribution in [0.3, 0.4) is 0 Å². The number of aromatic nitrogens is 3. The maximum atomic E-state index is 11.9. The SMILES string of the molecule is Nc1ncnc2cc(CN3CCN(Cc4cc5ccc(Cl)cc5cn4)CC3C=O)sc12. The summed E-state index contributed by atoms with van der Waals surface area (Å²) in [6.07, 6.45) is 4.39. The molecule has 1 saturated heterocycles. The Balaban J connectivity index is 1.27. The van der Waals surface area contributed by atoms with E-state index in [4.69, 9.17) is 17.3 Å². The molecule has 3 aromatic heterocycles. The molecule has 0 radical (unpaired) electrons. The monoisotopic (exact) mass is 452 g/mol. The van der Waals surface area contributed by atoms with E-state index in [-0.39, 0.29) is 6.04 Å². The number of carbonyl (C=O) groups excluding carboxylic acids is 1. The van der Waals surface area contributed by atoms with Gasteiger partial charge in [-0.05, 0) is 29.7 Å². The second kappa shape index (κ2) is 8.47. The highest BCUT2D eigenvalue weighted by Crippen LogP contribution is 2.29. The van der Waals surface area contributed by atoms with Crippen LogP contribution in [0.1, 0.15) is 10.6 Å². The number of hydrogen-bond donors (Lipinski definition) is 1. The highest BCUT2D eigenvalue weighted by molar-refractivity contribution is 7.19. The molecule has 1 aliphatic rings. The van der Waals surface area contributed by atoms with Gasteiger partial charge in [0.05, 0.1) is 22.0 Å².